The Kier molecular flexibility index (Phi) is 4.39. The van der Waals surface area contributed by atoms with E-state index in [0.29, 0.717) is 12.2 Å². The largest absolute Gasteiger partial charge is 0.390 e. The second kappa shape index (κ2) is 5.97. The molecule has 1 aliphatic carbocycles. The van der Waals surface area contributed by atoms with Crippen LogP contribution in [0.25, 0.3) is 0 Å². The fraction of sp³-hybridized carbons (Fsp3) is 0.933. The number of hydrogen-bond donors (Lipinski definition) is 1. The van der Waals surface area contributed by atoms with Gasteiger partial charge in [0, 0.05) is 18.4 Å². The van der Waals surface area contributed by atoms with Crippen LogP contribution in [0.15, 0.2) is 0 Å². The molecule has 21 heavy (non-hydrogen) atoms. The lowest BCUT2D eigenvalue weighted by Crippen LogP contribution is -2.55. The summed E-state index contributed by atoms with van der Waals surface area (Å²) in [6.45, 7) is 0.811. The number of carbonyl (C=O) groups is 1. The van der Waals surface area contributed by atoms with Crippen LogP contribution in [0.1, 0.15) is 44.9 Å². The van der Waals surface area contributed by atoms with Crippen molar-refractivity contribution in [1.29, 1.82) is 0 Å². The molecule has 4 unspecified atom stereocenters. The average molecular weight is 315 g/mol. The van der Waals surface area contributed by atoms with Gasteiger partial charge in [-0.25, -0.2) is 8.42 Å². The van der Waals surface area contributed by atoms with Crippen molar-refractivity contribution >= 4 is 15.6 Å². The number of ketones is 1. The van der Waals surface area contributed by atoms with Gasteiger partial charge in [-0.3, -0.25) is 9.69 Å². The molecule has 0 aromatic rings. The highest BCUT2D eigenvalue weighted by Gasteiger charge is 2.45. The van der Waals surface area contributed by atoms with E-state index in [0.717, 1.165) is 45.1 Å². The Morgan fingerprint density at radius 2 is 1.76 bits per heavy atom. The molecule has 3 fully saturated rings. The molecule has 2 saturated heterocycles. The lowest BCUT2D eigenvalue weighted by Gasteiger charge is -2.44. The molecular formula is C15H25NO4S. The highest BCUT2D eigenvalue weighted by Crippen LogP contribution is 2.34. The Bertz CT molecular complexity index is 504. The van der Waals surface area contributed by atoms with E-state index < -0.39 is 15.9 Å². The fourth-order valence-corrected chi connectivity index (χ4v) is 6.18. The maximum atomic E-state index is 12.3. The molecule has 1 N–H and O–H groups in total. The van der Waals surface area contributed by atoms with E-state index in [1.54, 1.807) is 0 Å². The van der Waals surface area contributed by atoms with Gasteiger partial charge in [0.05, 0.1) is 23.7 Å². The molecule has 2 aliphatic heterocycles. The predicted molar refractivity (Wildman–Crippen MR) is 79.8 cm³/mol. The van der Waals surface area contributed by atoms with E-state index in [-0.39, 0.29) is 29.5 Å². The molecule has 0 spiro atoms. The fourth-order valence-electron chi connectivity index (χ4n) is 4.37. The Balaban J connectivity index is 1.80. The summed E-state index contributed by atoms with van der Waals surface area (Å²) < 4.78 is 23.6. The minimum absolute atomic E-state index is 0.0472. The molecule has 6 heteroatoms. The summed E-state index contributed by atoms with van der Waals surface area (Å²) in [5.74, 6) is 0.313. The van der Waals surface area contributed by atoms with Gasteiger partial charge in [0.15, 0.2) is 9.84 Å². The highest BCUT2D eigenvalue weighted by atomic mass is 32.2. The number of aliphatic hydroxyl groups is 1. The smallest absolute Gasteiger partial charge is 0.154 e. The Hall–Kier alpha value is -0.460. The van der Waals surface area contributed by atoms with E-state index in [2.05, 4.69) is 4.90 Å². The Labute approximate surface area is 126 Å². The summed E-state index contributed by atoms with van der Waals surface area (Å²) in [6, 6.07) is -0.172. The first-order valence-electron chi connectivity index (χ1n) is 8.15. The van der Waals surface area contributed by atoms with Crippen LogP contribution in [-0.2, 0) is 14.6 Å². The molecule has 1 saturated carbocycles. The number of hydrogen-bond acceptors (Lipinski definition) is 5. The molecule has 3 rings (SSSR count). The summed E-state index contributed by atoms with van der Waals surface area (Å²) >= 11 is 0. The van der Waals surface area contributed by atoms with Gasteiger partial charge in [0.2, 0.25) is 0 Å². The number of rotatable bonds is 2. The van der Waals surface area contributed by atoms with Crippen LogP contribution in [0.2, 0.25) is 0 Å². The standard InChI is InChI=1S/C15H25NO4S/c17-14-7-2-1-5-11(14)12-6-3-4-8-16(12)13-9-21(19,20)10-15(13)18/h11-13,15,18H,1-10H2. The van der Waals surface area contributed by atoms with Gasteiger partial charge in [-0.05, 0) is 32.2 Å². The molecule has 0 bridgehead atoms. The maximum Gasteiger partial charge on any atom is 0.154 e. The van der Waals surface area contributed by atoms with Crippen molar-refractivity contribution in [2.75, 3.05) is 18.1 Å². The minimum Gasteiger partial charge on any atom is -0.390 e. The average Bonchev–Trinajstić information content (AvgIpc) is 2.72. The minimum atomic E-state index is -3.14. The van der Waals surface area contributed by atoms with E-state index in [9.17, 15) is 18.3 Å². The Morgan fingerprint density at radius 1 is 1.00 bits per heavy atom. The lowest BCUT2D eigenvalue weighted by molar-refractivity contribution is -0.128. The van der Waals surface area contributed by atoms with Crippen molar-refractivity contribution in [1.82, 2.24) is 4.90 Å². The first kappa shape index (κ1) is 15.4. The normalized spacial score (nSPS) is 41.3. The van der Waals surface area contributed by atoms with Crippen molar-refractivity contribution < 1.29 is 18.3 Å². The van der Waals surface area contributed by atoms with Crippen molar-refractivity contribution in [2.45, 2.75) is 63.1 Å². The highest BCUT2D eigenvalue weighted by molar-refractivity contribution is 7.91. The van der Waals surface area contributed by atoms with Crippen molar-refractivity contribution in [3.05, 3.63) is 0 Å². The summed E-state index contributed by atoms with van der Waals surface area (Å²) in [7, 11) is -3.14. The zero-order valence-electron chi connectivity index (χ0n) is 12.4. The molecule has 4 atom stereocenters. The first-order chi connectivity index (χ1) is 9.98. The Morgan fingerprint density at radius 3 is 2.43 bits per heavy atom. The predicted octanol–water partition coefficient (Wildman–Crippen LogP) is 0.758. The molecule has 120 valence electrons. The topological polar surface area (TPSA) is 74.7 Å². The number of carbonyl (C=O) groups excluding carboxylic acids is 1. The SMILES string of the molecule is O=C1CCCCC1C1CCCCN1C1CS(=O)(=O)CC1O. The molecule has 0 amide bonds. The molecular weight excluding hydrogens is 290 g/mol. The first-order valence-corrected chi connectivity index (χ1v) is 9.97. The van der Waals surface area contributed by atoms with Crippen LogP contribution in [0, 0.1) is 5.92 Å². The monoisotopic (exact) mass is 315 g/mol. The number of likely N-dealkylation sites (tertiary alicyclic amines) is 1. The molecule has 5 nitrogen and oxygen atoms in total. The number of aliphatic hydroxyl groups excluding tert-OH is 1. The molecule has 3 aliphatic rings. The van der Waals surface area contributed by atoms with Gasteiger partial charge < -0.3 is 5.11 Å². The number of piperidine rings is 1. The van der Waals surface area contributed by atoms with E-state index in [4.69, 9.17) is 0 Å². The van der Waals surface area contributed by atoms with E-state index in [1.165, 1.54) is 0 Å². The zero-order chi connectivity index (χ0) is 15.0. The molecule has 0 radical (unpaired) electrons. The lowest BCUT2D eigenvalue weighted by atomic mass is 9.78. The van der Waals surface area contributed by atoms with Crippen LogP contribution in [0.4, 0.5) is 0 Å². The summed E-state index contributed by atoms with van der Waals surface area (Å²) in [5, 5.41) is 10.2. The third-order valence-electron chi connectivity index (χ3n) is 5.38. The van der Waals surface area contributed by atoms with Crippen molar-refractivity contribution in [3.63, 3.8) is 0 Å². The molecule has 2 heterocycles. The summed E-state index contributed by atoms with van der Waals surface area (Å²) in [6.07, 6.45) is 5.96. The van der Waals surface area contributed by atoms with Crippen molar-refractivity contribution in [3.8, 4) is 0 Å². The van der Waals surface area contributed by atoms with Gasteiger partial charge in [-0.1, -0.05) is 12.8 Å². The summed E-state index contributed by atoms with van der Waals surface area (Å²) in [5.41, 5.74) is 0. The van der Waals surface area contributed by atoms with E-state index >= 15 is 0 Å². The third kappa shape index (κ3) is 3.17. The number of sulfone groups is 1. The summed E-state index contributed by atoms with van der Waals surface area (Å²) in [4.78, 5) is 14.4. The van der Waals surface area contributed by atoms with Crippen LogP contribution >= 0.6 is 0 Å². The number of nitrogens with zero attached hydrogens (tertiary/aromatic N) is 1. The van der Waals surface area contributed by atoms with E-state index in [1.807, 2.05) is 0 Å². The third-order valence-corrected chi connectivity index (χ3v) is 7.08. The van der Waals surface area contributed by atoms with Gasteiger partial charge in [-0.2, -0.15) is 0 Å². The van der Waals surface area contributed by atoms with Gasteiger partial charge in [0.25, 0.3) is 0 Å². The van der Waals surface area contributed by atoms with Crippen molar-refractivity contribution in [2.24, 2.45) is 5.92 Å². The molecule has 0 aromatic carbocycles. The quantitative estimate of drug-likeness (QED) is 0.814. The van der Waals surface area contributed by atoms with Crippen LogP contribution in [0.3, 0.4) is 0 Å². The zero-order valence-corrected chi connectivity index (χ0v) is 13.2. The van der Waals surface area contributed by atoms with Crippen LogP contribution < -0.4 is 0 Å². The van der Waals surface area contributed by atoms with Gasteiger partial charge in [-0.15, -0.1) is 0 Å². The molecule has 0 aromatic heterocycles. The van der Waals surface area contributed by atoms with Crippen LogP contribution in [-0.4, -0.2) is 60.4 Å². The number of Topliss-reactive ketones (excluding diaryl/α,β-unsaturated/α-hetero) is 1. The maximum absolute atomic E-state index is 12.3. The van der Waals surface area contributed by atoms with Gasteiger partial charge >= 0.3 is 0 Å². The van der Waals surface area contributed by atoms with Gasteiger partial charge in [0.1, 0.15) is 5.78 Å². The van der Waals surface area contributed by atoms with Crippen LogP contribution in [0.5, 0.6) is 0 Å². The second-order valence-corrected chi connectivity index (χ2v) is 8.98. The second-order valence-electron chi connectivity index (χ2n) is 6.83.